The van der Waals surface area contributed by atoms with Crippen molar-refractivity contribution in [2.24, 2.45) is 5.41 Å². The van der Waals surface area contributed by atoms with Gasteiger partial charge in [-0.1, -0.05) is 51.5 Å². The summed E-state index contributed by atoms with van der Waals surface area (Å²) in [6, 6.07) is 15.6. The minimum absolute atomic E-state index is 0.115. The van der Waals surface area contributed by atoms with Crippen LogP contribution in [0.5, 0.6) is 11.5 Å². The van der Waals surface area contributed by atoms with E-state index in [4.69, 9.17) is 14.2 Å². The molecule has 0 aliphatic carbocycles. The maximum absolute atomic E-state index is 13.2. The number of carbonyl (C=O) groups excluding carboxylic acids is 1. The molecule has 2 unspecified atom stereocenters. The standard InChI is InChI=1S/C26H35NO4/c1-5-17-26(2,3)24-25(28)27-21-10-6-7-12-23(21)31-22(11-8-9-18-30-24)19-13-15-20(29-4)16-14-19/h6-7,10,12-16,22,24H,5,8-9,11,17-18H2,1-4H3,(H,27,28). The third kappa shape index (κ3) is 6.01. The van der Waals surface area contributed by atoms with Gasteiger partial charge in [0.15, 0.2) is 0 Å². The summed E-state index contributed by atoms with van der Waals surface area (Å²) in [5.41, 5.74) is 1.51. The van der Waals surface area contributed by atoms with Crippen LogP contribution in [0.4, 0.5) is 5.69 Å². The van der Waals surface area contributed by atoms with E-state index in [0.29, 0.717) is 18.0 Å². The summed E-state index contributed by atoms with van der Waals surface area (Å²) < 4.78 is 17.9. The molecular weight excluding hydrogens is 390 g/mol. The Morgan fingerprint density at radius 2 is 1.84 bits per heavy atom. The topological polar surface area (TPSA) is 56.8 Å². The van der Waals surface area contributed by atoms with Crippen molar-refractivity contribution >= 4 is 11.6 Å². The number of ether oxygens (including phenoxy) is 3. The minimum atomic E-state index is -0.502. The molecule has 0 radical (unpaired) electrons. The molecule has 5 heteroatoms. The van der Waals surface area contributed by atoms with Gasteiger partial charge in [-0.3, -0.25) is 4.79 Å². The number of hydrogen-bond acceptors (Lipinski definition) is 4. The number of methoxy groups -OCH3 is 1. The Morgan fingerprint density at radius 1 is 1.10 bits per heavy atom. The zero-order valence-corrected chi connectivity index (χ0v) is 19.1. The van der Waals surface area contributed by atoms with Crippen LogP contribution in [0.2, 0.25) is 0 Å². The van der Waals surface area contributed by atoms with Gasteiger partial charge in [-0.25, -0.2) is 0 Å². The summed E-state index contributed by atoms with van der Waals surface area (Å²) in [6.07, 6.45) is 3.99. The van der Waals surface area contributed by atoms with Crippen LogP contribution in [0.3, 0.4) is 0 Å². The highest BCUT2D eigenvalue weighted by molar-refractivity contribution is 5.96. The van der Waals surface area contributed by atoms with Gasteiger partial charge in [-0.05, 0) is 55.5 Å². The first kappa shape index (κ1) is 23.1. The van der Waals surface area contributed by atoms with E-state index < -0.39 is 6.10 Å². The molecule has 1 N–H and O–H groups in total. The van der Waals surface area contributed by atoms with Crippen molar-refractivity contribution in [3.63, 3.8) is 0 Å². The molecule has 1 aliphatic rings. The third-order valence-electron chi connectivity index (χ3n) is 5.89. The molecule has 31 heavy (non-hydrogen) atoms. The lowest BCUT2D eigenvalue weighted by Crippen LogP contribution is -2.42. The predicted molar refractivity (Wildman–Crippen MR) is 124 cm³/mol. The Balaban J connectivity index is 1.88. The van der Waals surface area contributed by atoms with Gasteiger partial charge in [-0.2, -0.15) is 0 Å². The molecule has 0 spiro atoms. The average molecular weight is 426 g/mol. The quantitative estimate of drug-likeness (QED) is 0.624. The van der Waals surface area contributed by atoms with Gasteiger partial charge in [0, 0.05) is 12.0 Å². The third-order valence-corrected chi connectivity index (χ3v) is 5.89. The van der Waals surface area contributed by atoms with Gasteiger partial charge in [0.2, 0.25) is 0 Å². The second-order valence-electron chi connectivity index (χ2n) is 8.85. The van der Waals surface area contributed by atoms with Crippen LogP contribution in [0.15, 0.2) is 48.5 Å². The van der Waals surface area contributed by atoms with Crippen molar-refractivity contribution in [3.05, 3.63) is 54.1 Å². The van der Waals surface area contributed by atoms with Crippen molar-refractivity contribution in [3.8, 4) is 11.5 Å². The Morgan fingerprint density at radius 3 is 2.55 bits per heavy atom. The Hall–Kier alpha value is -2.53. The SMILES string of the molecule is CCCC(C)(C)C1OCCCCC(c2ccc(OC)cc2)Oc2ccccc2NC1=O. The van der Waals surface area contributed by atoms with Crippen LogP contribution in [0.25, 0.3) is 0 Å². The molecule has 168 valence electrons. The van der Waals surface area contributed by atoms with E-state index >= 15 is 0 Å². The second-order valence-corrected chi connectivity index (χ2v) is 8.85. The predicted octanol–water partition coefficient (Wildman–Crippen LogP) is 6.15. The number of para-hydroxylation sites is 2. The molecule has 0 saturated carbocycles. The van der Waals surface area contributed by atoms with Gasteiger partial charge in [0.1, 0.15) is 23.7 Å². The Kier molecular flexibility index (Phi) is 7.97. The van der Waals surface area contributed by atoms with Crippen LogP contribution in [0, 0.1) is 5.41 Å². The van der Waals surface area contributed by atoms with Gasteiger partial charge in [-0.15, -0.1) is 0 Å². The zero-order chi connectivity index (χ0) is 22.3. The van der Waals surface area contributed by atoms with Crippen LogP contribution >= 0.6 is 0 Å². The first-order chi connectivity index (χ1) is 14.9. The summed E-state index contributed by atoms with van der Waals surface area (Å²) >= 11 is 0. The van der Waals surface area contributed by atoms with E-state index in [2.05, 4.69) is 26.1 Å². The average Bonchev–Trinajstić information content (AvgIpc) is 2.75. The number of carbonyl (C=O) groups is 1. The van der Waals surface area contributed by atoms with Crippen LogP contribution in [0.1, 0.15) is 64.5 Å². The highest BCUT2D eigenvalue weighted by atomic mass is 16.5. The molecule has 3 rings (SSSR count). The molecule has 2 atom stereocenters. The monoisotopic (exact) mass is 425 g/mol. The van der Waals surface area contributed by atoms with Crippen LogP contribution < -0.4 is 14.8 Å². The lowest BCUT2D eigenvalue weighted by molar-refractivity contribution is -0.136. The van der Waals surface area contributed by atoms with E-state index in [9.17, 15) is 4.79 Å². The number of hydrogen-bond donors (Lipinski definition) is 1. The molecule has 5 nitrogen and oxygen atoms in total. The fourth-order valence-electron chi connectivity index (χ4n) is 4.20. The number of benzene rings is 2. The summed E-state index contributed by atoms with van der Waals surface area (Å²) in [7, 11) is 1.66. The van der Waals surface area contributed by atoms with E-state index in [0.717, 1.165) is 43.4 Å². The van der Waals surface area contributed by atoms with Gasteiger partial charge in [0.05, 0.1) is 12.8 Å². The smallest absolute Gasteiger partial charge is 0.254 e. The molecular formula is C26H35NO4. The van der Waals surface area contributed by atoms with E-state index in [1.54, 1.807) is 7.11 Å². The molecule has 0 saturated heterocycles. The molecule has 1 amide bonds. The maximum atomic E-state index is 13.2. The first-order valence-corrected chi connectivity index (χ1v) is 11.3. The normalized spacial score (nSPS) is 20.5. The van der Waals surface area contributed by atoms with Crippen molar-refractivity contribution in [1.29, 1.82) is 0 Å². The molecule has 1 heterocycles. The van der Waals surface area contributed by atoms with Crippen molar-refractivity contribution in [1.82, 2.24) is 0 Å². The van der Waals surface area contributed by atoms with Crippen LogP contribution in [-0.4, -0.2) is 25.7 Å². The number of rotatable bonds is 5. The summed E-state index contributed by atoms with van der Waals surface area (Å²) in [6.45, 7) is 6.91. The Labute approximate surface area is 186 Å². The number of anilines is 1. The summed E-state index contributed by atoms with van der Waals surface area (Å²) in [4.78, 5) is 13.2. The minimum Gasteiger partial charge on any atom is -0.497 e. The summed E-state index contributed by atoms with van der Waals surface area (Å²) in [5, 5.41) is 3.07. The van der Waals surface area contributed by atoms with Gasteiger partial charge >= 0.3 is 0 Å². The molecule has 1 aliphatic heterocycles. The fraction of sp³-hybridized carbons (Fsp3) is 0.500. The van der Waals surface area contributed by atoms with Crippen LogP contribution in [-0.2, 0) is 9.53 Å². The van der Waals surface area contributed by atoms with E-state index in [1.165, 1.54) is 0 Å². The molecule has 2 aromatic carbocycles. The first-order valence-electron chi connectivity index (χ1n) is 11.3. The zero-order valence-electron chi connectivity index (χ0n) is 19.1. The van der Waals surface area contributed by atoms with Gasteiger partial charge in [0.25, 0.3) is 5.91 Å². The fourth-order valence-corrected chi connectivity index (χ4v) is 4.20. The molecule has 0 bridgehead atoms. The van der Waals surface area contributed by atoms with Crippen molar-refractivity contribution in [2.75, 3.05) is 19.0 Å². The highest BCUT2D eigenvalue weighted by Gasteiger charge is 2.36. The van der Waals surface area contributed by atoms with Crippen molar-refractivity contribution in [2.45, 2.75) is 65.1 Å². The Bertz CT molecular complexity index is 847. The largest absolute Gasteiger partial charge is 0.497 e. The second kappa shape index (κ2) is 10.7. The number of amides is 1. The lowest BCUT2D eigenvalue weighted by atomic mass is 9.81. The summed E-state index contributed by atoms with van der Waals surface area (Å²) in [5.74, 6) is 1.37. The number of fused-ring (bicyclic) bond motifs is 1. The highest BCUT2D eigenvalue weighted by Crippen LogP contribution is 2.35. The van der Waals surface area contributed by atoms with E-state index in [1.807, 2.05) is 48.5 Å². The van der Waals surface area contributed by atoms with Gasteiger partial charge < -0.3 is 19.5 Å². The molecule has 2 aromatic rings. The molecule has 0 aromatic heterocycles. The maximum Gasteiger partial charge on any atom is 0.254 e. The lowest BCUT2D eigenvalue weighted by Gasteiger charge is -2.33. The van der Waals surface area contributed by atoms with E-state index in [-0.39, 0.29) is 17.4 Å². The number of nitrogens with one attached hydrogen (secondary N) is 1. The van der Waals surface area contributed by atoms with Crippen molar-refractivity contribution < 1.29 is 19.0 Å². The molecule has 0 fully saturated rings.